The van der Waals surface area contributed by atoms with Crippen molar-refractivity contribution in [2.75, 3.05) is 18.4 Å². The summed E-state index contributed by atoms with van der Waals surface area (Å²) in [4.78, 5) is 1.90. The molecule has 0 saturated carbocycles. The van der Waals surface area contributed by atoms with Crippen LogP contribution in [0.25, 0.3) is 0 Å². The van der Waals surface area contributed by atoms with Crippen LogP contribution in [0.3, 0.4) is 0 Å². The van der Waals surface area contributed by atoms with E-state index < -0.39 is 6.10 Å². The lowest BCUT2D eigenvalue weighted by Crippen LogP contribution is -2.37. The zero-order valence-electron chi connectivity index (χ0n) is 14.3. The molecule has 0 bridgehead atoms. The van der Waals surface area contributed by atoms with E-state index in [1.54, 1.807) is 24.3 Å². The smallest absolute Gasteiger partial charge is 0.173 e. The van der Waals surface area contributed by atoms with Crippen molar-refractivity contribution >= 4 is 23.0 Å². The summed E-state index contributed by atoms with van der Waals surface area (Å²) in [7, 11) is 0. The summed E-state index contributed by atoms with van der Waals surface area (Å²) in [5, 5.41) is 23.8. The third kappa shape index (κ3) is 4.94. The number of hydrogen-bond donors (Lipinski definition) is 3. The SMILES string of the molecule is CCN(CC(O)c1cccc(O)c1)C(=S)Nc1cc(C)cc(C)c1. The van der Waals surface area contributed by atoms with Gasteiger partial charge in [-0.05, 0) is 73.9 Å². The van der Waals surface area contributed by atoms with Gasteiger partial charge >= 0.3 is 0 Å². The highest BCUT2D eigenvalue weighted by Crippen LogP contribution is 2.20. The van der Waals surface area contributed by atoms with Crippen molar-refractivity contribution in [2.45, 2.75) is 26.9 Å². The topological polar surface area (TPSA) is 55.7 Å². The number of benzene rings is 2. The Labute approximate surface area is 148 Å². The summed E-state index contributed by atoms with van der Waals surface area (Å²) in [5.74, 6) is 0.144. The van der Waals surface area contributed by atoms with E-state index in [0.29, 0.717) is 23.8 Å². The number of nitrogens with one attached hydrogen (secondary N) is 1. The average Bonchev–Trinajstić information content (AvgIpc) is 2.51. The van der Waals surface area contributed by atoms with Crippen molar-refractivity contribution in [3.05, 3.63) is 59.2 Å². The van der Waals surface area contributed by atoms with Crippen LogP contribution >= 0.6 is 12.2 Å². The van der Waals surface area contributed by atoms with Gasteiger partial charge in [-0.1, -0.05) is 18.2 Å². The highest BCUT2D eigenvalue weighted by molar-refractivity contribution is 7.80. The quantitative estimate of drug-likeness (QED) is 0.721. The summed E-state index contributed by atoms with van der Waals surface area (Å²) in [6.45, 7) is 7.11. The molecule has 1 unspecified atom stereocenters. The Balaban J connectivity index is 2.05. The van der Waals surface area contributed by atoms with Gasteiger partial charge in [0.05, 0.1) is 12.6 Å². The number of aliphatic hydroxyl groups is 1. The van der Waals surface area contributed by atoms with E-state index in [1.807, 2.05) is 37.8 Å². The first kappa shape index (κ1) is 18.2. The van der Waals surface area contributed by atoms with Crippen molar-refractivity contribution in [1.29, 1.82) is 0 Å². The highest BCUT2D eigenvalue weighted by Gasteiger charge is 2.15. The van der Waals surface area contributed by atoms with E-state index in [9.17, 15) is 10.2 Å². The molecule has 2 rings (SSSR count). The molecule has 0 saturated heterocycles. The van der Waals surface area contributed by atoms with E-state index in [1.165, 1.54) is 11.1 Å². The van der Waals surface area contributed by atoms with Gasteiger partial charge in [0.15, 0.2) is 5.11 Å². The molecule has 0 fully saturated rings. The minimum Gasteiger partial charge on any atom is -0.508 e. The third-order valence-electron chi connectivity index (χ3n) is 3.79. The Kier molecular flexibility index (Phi) is 6.17. The molecule has 0 aliphatic heterocycles. The molecule has 2 aromatic carbocycles. The number of likely N-dealkylation sites (N-methyl/N-ethyl adjacent to an activating group) is 1. The monoisotopic (exact) mass is 344 g/mol. The fourth-order valence-electron chi connectivity index (χ4n) is 2.65. The van der Waals surface area contributed by atoms with Crippen LogP contribution in [0.4, 0.5) is 5.69 Å². The number of aryl methyl sites for hydroxylation is 2. The number of rotatable bonds is 5. The molecule has 0 aliphatic carbocycles. The number of phenols is 1. The fraction of sp³-hybridized carbons (Fsp3) is 0.316. The largest absolute Gasteiger partial charge is 0.508 e. The second kappa shape index (κ2) is 8.13. The minimum atomic E-state index is -0.726. The van der Waals surface area contributed by atoms with Gasteiger partial charge in [-0.15, -0.1) is 0 Å². The van der Waals surface area contributed by atoms with Crippen LogP contribution in [-0.4, -0.2) is 33.3 Å². The maximum absolute atomic E-state index is 10.4. The Morgan fingerprint density at radius 1 is 1.17 bits per heavy atom. The van der Waals surface area contributed by atoms with Gasteiger partial charge in [-0.3, -0.25) is 0 Å². The lowest BCUT2D eigenvalue weighted by molar-refractivity contribution is 0.146. The Bertz CT molecular complexity index is 698. The van der Waals surface area contributed by atoms with Crippen molar-refractivity contribution in [2.24, 2.45) is 0 Å². The molecule has 3 N–H and O–H groups in total. The second-order valence-corrected chi connectivity index (χ2v) is 6.34. The number of thiocarbonyl (C=S) groups is 1. The van der Waals surface area contributed by atoms with Crippen LogP contribution in [0.15, 0.2) is 42.5 Å². The summed E-state index contributed by atoms with van der Waals surface area (Å²) < 4.78 is 0. The Morgan fingerprint density at radius 3 is 2.42 bits per heavy atom. The van der Waals surface area contributed by atoms with Crippen LogP contribution < -0.4 is 5.32 Å². The maximum atomic E-state index is 10.4. The normalized spacial score (nSPS) is 11.8. The first-order valence-electron chi connectivity index (χ1n) is 8.00. The zero-order chi connectivity index (χ0) is 17.7. The van der Waals surface area contributed by atoms with Gasteiger partial charge in [-0.25, -0.2) is 0 Å². The van der Waals surface area contributed by atoms with Crippen LogP contribution in [-0.2, 0) is 0 Å². The van der Waals surface area contributed by atoms with Crippen molar-refractivity contribution in [1.82, 2.24) is 4.90 Å². The predicted molar refractivity (Wildman–Crippen MR) is 102 cm³/mol. The molecule has 0 radical (unpaired) electrons. The van der Waals surface area contributed by atoms with Crippen LogP contribution in [0, 0.1) is 13.8 Å². The van der Waals surface area contributed by atoms with E-state index in [0.717, 1.165) is 5.69 Å². The lowest BCUT2D eigenvalue weighted by atomic mass is 10.1. The minimum absolute atomic E-state index is 0.144. The van der Waals surface area contributed by atoms with Gasteiger partial charge < -0.3 is 20.4 Å². The molecular formula is C19H24N2O2S. The van der Waals surface area contributed by atoms with Crippen LogP contribution in [0.1, 0.15) is 29.7 Å². The molecule has 0 spiro atoms. The van der Waals surface area contributed by atoms with Crippen molar-refractivity contribution < 1.29 is 10.2 Å². The van der Waals surface area contributed by atoms with E-state index in [-0.39, 0.29) is 5.75 Å². The standard InChI is InChI=1S/C19H24N2O2S/c1-4-21(12-18(23)15-6-5-7-17(22)11-15)19(24)20-16-9-13(2)8-14(3)10-16/h5-11,18,22-23H,4,12H2,1-3H3,(H,20,24). The molecule has 0 amide bonds. The molecule has 0 heterocycles. The molecule has 2 aromatic rings. The third-order valence-corrected chi connectivity index (χ3v) is 4.15. The van der Waals surface area contributed by atoms with Crippen LogP contribution in [0.2, 0.25) is 0 Å². The van der Waals surface area contributed by atoms with Crippen molar-refractivity contribution in [3.8, 4) is 5.75 Å². The Morgan fingerprint density at radius 2 is 1.83 bits per heavy atom. The summed E-state index contributed by atoms with van der Waals surface area (Å²) in [6, 6.07) is 12.9. The molecule has 5 heteroatoms. The number of phenolic OH excluding ortho intramolecular Hbond substituents is 1. The molecule has 1 atom stereocenters. The van der Waals surface area contributed by atoms with Gasteiger partial charge in [0.25, 0.3) is 0 Å². The first-order valence-corrected chi connectivity index (χ1v) is 8.41. The molecule has 128 valence electrons. The lowest BCUT2D eigenvalue weighted by Gasteiger charge is -2.27. The van der Waals surface area contributed by atoms with E-state index in [2.05, 4.69) is 11.4 Å². The molecule has 0 aromatic heterocycles. The number of aromatic hydroxyl groups is 1. The maximum Gasteiger partial charge on any atom is 0.173 e. The van der Waals surface area contributed by atoms with Gasteiger partial charge in [0.2, 0.25) is 0 Å². The summed E-state index contributed by atoms with van der Waals surface area (Å²) in [5.41, 5.74) is 3.96. The average molecular weight is 344 g/mol. The summed E-state index contributed by atoms with van der Waals surface area (Å²) >= 11 is 5.49. The van der Waals surface area contributed by atoms with Crippen molar-refractivity contribution in [3.63, 3.8) is 0 Å². The van der Waals surface area contributed by atoms with E-state index in [4.69, 9.17) is 12.2 Å². The van der Waals surface area contributed by atoms with Crippen LogP contribution in [0.5, 0.6) is 5.75 Å². The number of anilines is 1. The van der Waals surface area contributed by atoms with Gasteiger partial charge in [0, 0.05) is 12.2 Å². The number of hydrogen-bond acceptors (Lipinski definition) is 3. The zero-order valence-corrected chi connectivity index (χ0v) is 15.1. The number of aliphatic hydroxyl groups excluding tert-OH is 1. The Hall–Kier alpha value is -2.11. The first-order chi connectivity index (χ1) is 11.4. The highest BCUT2D eigenvalue weighted by atomic mass is 32.1. The summed E-state index contributed by atoms with van der Waals surface area (Å²) in [6.07, 6.45) is -0.726. The second-order valence-electron chi connectivity index (χ2n) is 5.96. The molecule has 0 aliphatic rings. The number of nitrogens with zero attached hydrogens (tertiary/aromatic N) is 1. The molecular weight excluding hydrogens is 320 g/mol. The molecule has 4 nitrogen and oxygen atoms in total. The van der Waals surface area contributed by atoms with Gasteiger partial charge in [-0.2, -0.15) is 0 Å². The fourth-order valence-corrected chi connectivity index (χ4v) is 2.97. The van der Waals surface area contributed by atoms with Gasteiger partial charge in [0.1, 0.15) is 5.75 Å². The predicted octanol–water partition coefficient (Wildman–Crippen LogP) is 3.76. The van der Waals surface area contributed by atoms with E-state index >= 15 is 0 Å². The molecule has 24 heavy (non-hydrogen) atoms.